The molecule has 1 heterocycles. The number of rotatable bonds is 2. The average Bonchev–Trinajstić information content (AvgIpc) is 2.48. The van der Waals surface area contributed by atoms with E-state index >= 15 is 0 Å². The summed E-state index contributed by atoms with van der Waals surface area (Å²) in [5.74, 6) is 0.336. The first-order valence-corrected chi connectivity index (χ1v) is 7.21. The van der Waals surface area contributed by atoms with Gasteiger partial charge in [-0.25, -0.2) is 0 Å². The lowest BCUT2D eigenvalue weighted by molar-refractivity contribution is -0.168. The van der Waals surface area contributed by atoms with Gasteiger partial charge >= 0.3 is 0 Å². The van der Waals surface area contributed by atoms with E-state index in [1.165, 1.54) is 6.42 Å². The molecule has 0 bridgehead atoms. The summed E-state index contributed by atoms with van der Waals surface area (Å²) in [4.78, 5) is 14.2. The molecule has 2 atom stereocenters. The van der Waals surface area contributed by atoms with Crippen LogP contribution in [0.4, 0.5) is 0 Å². The number of hydrogen-bond acceptors (Lipinski definition) is 3. The second-order valence-electron chi connectivity index (χ2n) is 6.36. The molecule has 1 amide bonds. The largest absolute Gasteiger partial charge is 0.386 e. The zero-order valence-corrected chi connectivity index (χ0v) is 11.6. The van der Waals surface area contributed by atoms with E-state index in [9.17, 15) is 9.90 Å². The first-order chi connectivity index (χ1) is 8.44. The minimum atomic E-state index is -0.676. The van der Waals surface area contributed by atoms with E-state index in [-0.39, 0.29) is 23.8 Å². The van der Waals surface area contributed by atoms with E-state index in [2.05, 4.69) is 0 Å². The van der Waals surface area contributed by atoms with Crippen LogP contribution in [0.2, 0.25) is 0 Å². The third kappa shape index (κ3) is 2.54. The van der Waals surface area contributed by atoms with Gasteiger partial charge in [0.25, 0.3) is 0 Å². The van der Waals surface area contributed by atoms with Crippen molar-refractivity contribution in [3.8, 4) is 0 Å². The smallest absolute Gasteiger partial charge is 0.227 e. The number of nitrogens with two attached hydrogens (primary N) is 1. The maximum Gasteiger partial charge on any atom is 0.227 e. The van der Waals surface area contributed by atoms with E-state index in [4.69, 9.17) is 5.73 Å². The highest BCUT2D eigenvalue weighted by Gasteiger charge is 2.47. The molecule has 1 saturated carbocycles. The fourth-order valence-corrected chi connectivity index (χ4v) is 3.01. The van der Waals surface area contributed by atoms with Gasteiger partial charge in [0, 0.05) is 6.04 Å². The van der Waals surface area contributed by atoms with Crippen LogP contribution in [-0.4, -0.2) is 40.6 Å². The Morgan fingerprint density at radius 1 is 1.28 bits per heavy atom. The highest BCUT2D eigenvalue weighted by Crippen LogP contribution is 2.32. The predicted molar refractivity (Wildman–Crippen MR) is 70.9 cm³/mol. The van der Waals surface area contributed by atoms with Gasteiger partial charge in [0.1, 0.15) is 5.60 Å². The molecule has 1 aliphatic heterocycles. The van der Waals surface area contributed by atoms with Crippen LogP contribution in [0, 0.1) is 11.8 Å². The first-order valence-electron chi connectivity index (χ1n) is 7.21. The normalized spacial score (nSPS) is 31.9. The highest BCUT2D eigenvalue weighted by molar-refractivity contribution is 5.80. The Kier molecular flexibility index (Phi) is 3.97. The minimum absolute atomic E-state index is 0.00717. The monoisotopic (exact) mass is 254 g/mol. The maximum absolute atomic E-state index is 12.4. The lowest BCUT2D eigenvalue weighted by atomic mass is 9.81. The molecule has 0 radical (unpaired) electrons. The predicted octanol–water partition coefficient (Wildman–Crippen LogP) is 1.12. The van der Waals surface area contributed by atoms with Crippen LogP contribution in [0.15, 0.2) is 0 Å². The van der Waals surface area contributed by atoms with Crippen molar-refractivity contribution in [1.82, 2.24) is 4.90 Å². The van der Waals surface area contributed by atoms with Crippen LogP contribution in [-0.2, 0) is 4.79 Å². The number of likely N-dealkylation sites (tertiary alicyclic amines) is 1. The number of carbonyl (C=O) groups is 1. The summed E-state index contributed by atoms with van der Waals surface area (Å²) in [5, 5.41) is 10.2. The van der Waals surface area contributed by atoms with Gasteiger partial charge in [-0.3, -0.25) is 4.79 Å². The third-order valence-corrected chi connectivity index (χ3v) is 4.70. The van der Waals surface area contributed by atoms with Crippen LogP contribution in [0.5, 0.6) is 0 Å². The number of aliphatic hydroxyl groups is 1. The van der Waals surface area contributed by atoms with Crippen molar-refractivity contribution >= 4 is 5.91 Å². The van der Waals surface area contributed by atoms with Crippen molar-refractivity contribution in [2.24, 2.45) is 17.6 Å². The lowest BCUT2D eigenvalue weighted by Crippen LogP contribution is -2.67. The van der Waals surface area contributed by atoms with Gasteiger partial charge in [-0.05, 0) is 18.8 Å². The maximum atomic E-state index is 12.4. The molecule has 2 fully saturated rings. The van der Waals surface area contributed by atoms with Gasteiger partial charge in [-0.1, -0.05) is 33.1 Å². The van der Waals surface area contributed by atoms with E-state index in [0.717, 1.165) is 25.7 Å². The number of amides is 1. The standard InChI is InChI=1S/C14H26N2O2/c1-10(2)14(18)8-16(9-14)13(17)11-6-4-3-5-7-12(11)15/h10-12,18H,3-9,15H2,1-2H3. The van der Waals surface area contributed by atoms with E-state index in [1.807, 2.05) is 13.8 Å². The summed E-state index contributed by atoms with van der Waals surface area (Å²) in [6, 6.07) is 0.00717. The second kappa shape index (κ2) is 5.17. The van der Waals surface area contributed by atoms with Crippen LogP contribution >= 0.6 is 0 Å². The zero-order valence-electron chi connectivity index (χ0n) is 11.6. The summed E-state index contributed by atoms with van der Waals surface area (Å²) in [6.07, 6.45) is 5.30. The summed E-state index contributed by atoms with van der Waals surface area (Å²) < 4.78 is 0. The van der Waals surface area contributed by atoms with Crippen molar-refractivity contribution in [2.75, 3.05) is 13.1 Å². The topological polar surface area (TPSA) is 66.6 Å². The van der Waals surface area contributed by atoms with Crippen molar-refractivity contribution in [2.45, 2.75) is 57.6 Å². The Labute approximate surface area is 110 Å². The summed E-state index contributed by atoms with van der Waals surface area (Å²) in [5.41, 5.74) is 5.44. The molecule has 2 unspecified atom stereocenters. The Hall–Kier alpha value is -0.610. The van der Waals surface area contributed by atoms with Crippen LogP contribution in [0.25, 0.3) is 0 Å². The molecule has 1 aliphatic carbocycles. The van der Waals surface area contributed by atoms with Crippen molar-refractivity contribution < 1.29 is 9.90 Å². The van der Waals surface area contributed by atoms with Crippen LogP contribution in [0.3, 0.4) is 0 Å². The highest BCUT2D eigenvalue weighted by atomic mass is 16.3. The molecule has 4 nitrogen and oxygen atoms in total. The van der Waals surface area contributed by atoms with Gasteiger partial charge in [0.05, 0.1) is 19.0 Å². The fourth-order valence-electron chi connectivity index (χ4n) is 3.01. The Morgan fingerprint density at radius 2 is 1.89 bits per heavy atom. The molecular formula is C14H26N2O2. The Bertz CT molecular complexity index is 311. The molecule has 18 heavy (non-hydrogen) atoms. The lowest BCUT2D eigenvalue weighted by Gasteiger charge is -2.50. The molecule has 1 saturated heterocycles. The van der Waals surface area contributed by atoms with Gasteiger partial charge in [-0.2, -0.15) is 0 Å². The van der Waals surface area contributed by atoms with E-state index in [0.29, 0.717) is 13.1 Å². The molecule has 3 N–H and O–H groups in total. The fraction of sp³-hybridized carbons (Fsp3) is 0.929. The second-order valence-corrected chi connectivity index (χ2v) is 6.36. The number of nitrogens with zero attached hydrogens (tertiary/aromatic N) is 1. The van der Waals surface area contributed by atoms with E-state index < -0.39 is 5.60 Å². The molecule has 104 valence electrons. The SMILES string of the molecule is CC(C)C1(O)CN(C(=O)C2CCCCCC2N)C1. The first kappa shape index (κ1) is 13.8. The number of β-amino-alcohol motifs (C(OH)–C–C–N with tert-alkyl or cyclic N) is 1. The molecule has 0 aromatic carbocycles. The van der Waals surface area contributed by atoms with Gasteiger partial charge in [0.2, 0.25) is 5.91 Å². The molecule has 0 spiro atoms. The van der Waals surface area contributed by atoms with Crippen LogP contribution < -0.4 is 5.73 Å². The molecular weight excluding hydrogens is 228 g/mol. The van der Waals surface area contributed by atoms with Crippen molar-refractivity contribution in [3.05, 3.63) is 0 Å². The molecule has 4 heteroatoms. The van der Waals surface area contributed by atoms with Crippen molar-refractivity contribution in [3.63, 3.8) is 0 Å². The zero-order chi connectivity index (χ0) is 13.3. The minimum Gasteiger partial charge on any atom is -0.386 e. The molecule has 0 aromatic rings. The Morgan fingerprint density at radius 3 is 2.50 bits per heavy atom. The number of carbonyl (C=O) groups excluding carboxylic acids is 1. The van der Waals surface area contributed by atoms with E-state index in [1.54, 1.807) is 4.90 Å². The molecule has 2 aliphatic rings. The Balaban J connectivity index is 1.92. The summed E-state index contributed by atoms with van der Waals surface area (Å²) in [7, 11) is 0. The summed E-state index contributed by atoms with van der Waals surface area (Å²) in [6.45, 7) is 4.96. The van der Waals surface area contributed by atoms with Gasteiger partial charge in [0.15, 0.2) is 0 Å². The van der Waals surface area contributed by atoms with Crippen LogP contribution in [0.1, 0.15) is 46.0 Å². The van der Waals surface area contributed by atoms with Gasteiger partial charge < -0.3 is 15.7 Å². The van der Waals surface area contributed by atoms with Gasteiger partial charge in [-0.15, -0.1) is 0 Å². The number of hydrogen-bond donors (Lipinski definition) is 2. The quantitative estimate of drug-likeness (QED) is 0.726. The average molecular weight is 254 g/mol. The van der Waals surface area contributed by atoms with Crippen molar-refractivity contribution in [1.29, 1.82) is 0 Å². The molecule has 2 rings (SSSR count). The third-order valence-electron chi connectivity index (χ3n) is 4.70. The molecule has 0 aromatic heterocycles. The summed E-state index contributed by atoms with van der Waals surface area (Å²) >= 11 is 0.